The molecule has 3 aromatic rings. The number of alkyl halides is 2. The number of benzene rings is 2. The molecule has 1 amide bonds. The van der Waals surface area contributed by atoms with Crippen LogP contribution < -0.4 is 27.5 Å². The lowest BCUT2D eigenvalue weighted by Gasteiger charge is -2.46. The molecule has 31 nitrogen and oxygen atoms in total. The molecule has 11 atom stereocenters. The van der Waals surface area contributed by atoms with Crippen molar-refractivity contribution in [2.75, 3.05) is 72.2 Å². The second-order valence-corrected chi connectivity index (χ2v) is 40.0. The molecule has 36 heteroatoms. The van der Waals surface area contributed by atoms with Crippen LogP contribution in [0, 0.1) is 65.9 Å². The highest BCUT2D eigenvalue weighted by Crippen LogP contribution is 2.39. The van der Waals surface area contributed by atoms with Gasteiger partial charge in [0.25, 0.3) is 16.0 Å². The number of Topliss-reactive ketones (excluding diaryl/α,β-unsaturated/α-hetero) is 1. The number of hydrogen-bond donors (Lipinski definition) is 7. The average molecular weight is 1920 g/mol. The van der Waals surface area contributed by atoms with Crippen LogP contribution in [0.2, 0.25) is 0 Å². The van der Waals surface area contributed by atoms with Gasteiger partial charge in [-0.1, -0.05) is 118 Å². The van der Waals surface area contributed by atoms with E-state index >= 15 is 0 Å². The van der Waals surface area contributed by atoms with Crippen molar-refractivity contribution in [3.05, 3.63) is 103 Å². The number of esters is 6. The fraction of sp³-hybridized carbons (Fsp3) is 0.737. The molecule has 9 N–H and O–H groups in total. The van der Waals surface area contributed by atoms with E-state index in [2.05, 4.69) is 71.7 Å². The monoisotopic (exact) mass is 1920 g/mol. The van der Waals surface area contributed by atoms with Crippen LogP contribution in [0.4, 0.5) is 8.78 Å². The highest BCUT2D eigenvalue weighted by atomic mass is 35.5. The maximum atomic E-state index is 13.9. The number of aliphatic hydroxyl groups excluding tert-OH is 2. The number of aromatic hydroxyl groups is 1. The Hall–Kier alpha value is -7.47. The lowest BCUT2D eigenvalue weighted by Crippen LogP contribution is -2.59. The summed E-state index contributed by atoms with van der Waals surface area (Å²) in [5.41, 5.74) is 17.2. The maximum absolute atomic E-state index is 13.9. The Balaban J connectivity index is -0.00000148. The third kappa shape index (κ3) is 59.1. The van der Waals surface area contributed by atoms with E-state index in [9.17, 15) is 65.5 Å². The number of ether oxygens (including phenoxy) is 7. The normalized spacial score (nSPS) is 17.2. The predicted octanol–water partition coefficient (Wildman–Crippen LogP) is 16.7. The molecule has 2 aliphatic heterocycles. The summed E-state index contributed by atoms with van der Waals surface area (Å²) in [6, 6.07) is 11.0. The number of pyridine rings is 1. The topological polar surface area (TPSA) is 455 Å². The lowest BCUT2D eigenvalue weighted by atomic mass is 9.98. The van der Waals surface area contributed by atoms with Crippen molar-refractivity contribution in [2.45, 2.75) is 340 Å². The van der Waals surface area contributed by atoms with Gasteiger partial charge in [0.15, 0.2) is 23.5 Å². The van der Waals surface area contributed by atoms with Crippen molar-refractivity contribution < 1.29 is 108 Å². The Kier molecular flexibility index (Phi) is 65.2. The molecule has 0 radical (unpaired) electrons. The first-order chi connectivity index (χ1) is 60.8. The summed E-state index contributed by atoms with van der Waals surface area (Å²) in [5.74, 6) is -3.57. The molecular formula is C95H163Cl2F2N9O22S. The SMILES string of the molecule is CC.CC(C)NC[C@@H](C)CCC(=O)OC(C)(C)C.CC(C)NC[C@@H](C)CN.COC(=O)[C@@H](C)CCC(=O)OC(C)(C)C.COC(=O)[C@@H](C)CO.C[C@@H](CCC(=O)OC(C)(C)C)CN=[N+]=[N-].Cc1ccc(S(=O)(=O)OC[C@@H](C)CCC(=O)OC(C)(C)C)cc1.ClCCl.N[C@H]1CCC[C@H]1CO.O=C(CCc1ccc(F)cc1F)c1cn2c(c(O)c1=O)C(=O)N1[C@@H](C2)OC[C@@H]2CCC[C@@H]21. The number of rotatable bonds is 33. The standard InChI is InChI=1S/C23H22F2N2O5.C17H26O5S.C13H27NO2.C11H20O4.C10H19N3O2.C7H18N2.C6H13NO.C5H10O3.C2H6.CH2Cl2/c24-14-6-4-12(16(25)8-14)5-7-18(28)15-9-26-10-19-27(17-3-1-2-13(17)11-32-19)23(31)20(26)22(30)21(15)29;1-13-6-9-15(10-7-13)23(19,20)21-12-14(2)8-11-16(18)22-17(3,4)5;1-10(2)14-9-11(3)7-8-12(15)16-13(4,5)6;1-8(10(13)14-5)6-7-9(12)15-11(2,3)4;1-8(7-12-13-11)5-6-9(14)15-10(2,3)4;1-6(2)9-5-7(3)4-8;7-6-3-1-2-5(6)4-8;1-4(3-6)5(7)8-2;1-2;2-1-3/h4,6,8-9,13,17,19,30H,1-3,5,7,10-11H2;6-7,9-10,14H,8,11-12H2,1-5H3;10-11,14H,7-9H2,1-6H3;8H,6-7H2,1-5H3;8H,5-7H2,1-4H3;6-7,9H,4-5,8H2,1-3H3;5-6,8H,1-4,7H2;4,6H,3H2,1-2H3;1-2H3;1H2/t13-,17-,19+;14-;11-;2*8-;7-;5-,6-;4-;;/m00000000../s1. The largest absolute Gasteiger partial charge is 0.503 e. The number of hydrogen-bond acceptors (Lipinski definition) is 27. The van der Waals surface area contributed by atoms with Crippen LogP contribution in [0.1, 0.15) is 294 Å². The Bertz CT molecular complexity index is 4040. The number of methoxy groups -OCH3 is 2. The van der Waals surface area contributed by atoms with Gasteiger partial charge in [0, 0.05) is 92.5 Å². The van der Waals surface area contributed by atoms with E-state index in [0.717, 1.165) is 75.9 Å². The summed E-state index contributed by atoms with van der Waals surface area (Å²) in [4.78, 5) is 110. The first-order valence-corrected chi connectivity index (χ1v) is 47.9. The first kappa shape index (κ1) is 128. The highest BCUT2D eigenvalue weighted by Gasteiger charge is 2.48. The number of carbonyl (C=O) groups is 8. The van der Waals surface area contributed by atoms with Gasteiger partial charge in [-0.15, -0.1) is 23.2 Å². The zero-order chi connectivity index (χ0) is 102. The quantitative estimate of drug-likeness (QED) is 0.00435. The van der Waals surface area contributed by atoms with Crippen LogP contribution >= 0.6 is 23.2 Å². The molecule has 131 heavy (non-hydrogen) atoms. The summed E-state index contributed by atoms with van der Waals surface area (Å²) in [6.07, 6.45) is 10.7. The number of amides is 1. The number of aliphatic hydroxyl groups is 2. The number of azide groups is 1. The summed E-state index contributed by atoms with van der Waals surface area (Å²) >= 11 is 9.53. The van der Waals surface area contributed by atoms with E-state index in [1.165, 1.54) is 49.6 Å². The van der Waals surface area contributed by atoms with Gasteiger partial charge in [0.2, 0.25) is 5.43 Å². The van der Waals surface area contributed by atoms with E-state index in [1.54, 1.807) is 30.9 Å². The van der Waals surface area contributed by atoms with Gasteiger partial charge in [-0.2, -0.15) is 8.42 Å². The van der Waals surface area contributed by atoms with Gasteiger partial charge >= 0.3 is 35.8 Å². The van der Waals surface area contributed by atoms with Crippen molar-refractivity contribution in [3.8, 4) is 5.75 Å². The molecule has 7 rings (SSSR count). The van der Waals surface area contributed by atoms with Crippen molar-refractivity contribution in [1.82, 2.24) is 20.1 Å². The number of aryl methyl sites for hydroxylation is 2. The third-order valence-corrected chi connectivity index (χ3v) is 20.9. The second-order valence-electron chi connectivity index (χ2n) is 37.6. The van der Waals surface area contributed by atoms with Crippen molar-refractivity contribution >= 4 is 80.8 Å². The summed E-state index contributed by atoms with van der Waals surface area (Å²) in [6.45, 7) is 52.1. The smallest absolute Gasteiger partial charge is 0.310 e. The molecule has 1 saturated heterocycles. The molecule has 0 unspecified atom stereocenters. The van der Waals surface area contributed by atoms with Crippen molar-refractivity contribution in [2.24, 2.45) is 63.9 Å². The fourth-order valence-corrected chi connectivity index (χ4v) is 13.4. The third-order valence-electron chi connectivity index (χ3n) is 19.6. The first-order valence-electron chi connectivity index (χ1n) is 45.4. The molecule has 0 bridgehead atoms. The molecule has 2 aromatic carbocycles. The van der Waals surface area contributed by atoms with Gasteiger partial charge in [0.1, 0.15) is 34.0 Å². The van der Waals surface area contributed by atoms with Crippen molar-refractivity contribution in [3.63, 3.8) is 0 Å². The van der Waals surface area contributed by atoms with E-state index < -0.39 is 67.7 Å². The molecule has 3 heterocycles. The molecule has 2 saturated carbocycles. The Labute approximate surface area is 790 Å². The van der Waals surface area contributed by atoms with Crippen LogP contribution in [0.3, 0.4) is 0 Å². The van der Waals surface area contributed by atoms with Gasteiger partial charge in [-0.25, -0.2) is 8.78 Å². The zero-order valence-corrected chi connectivity index (χ0v) is 85.7. The van der Waals surface area contributed by atoms with Crippen LogP contribution in [0.5, 0.6) is 5.75 Å². The molecule has 754 valence electrons. The Morgan fingerprint density at radius 3 is 1.53 bits per heavy atom. The molecule has 0 spiro atoms. The number of halogens is 4. The summed E-state index contributed by atoms with van der Waals surface area (Å²) < 4.78 is 93.0. The lowest BCUT2D eigenvalue weighted by molar-refractivity contribution is -0.157. The summed E-state index contributed by atoms with van der Waals surface area (Å²) in [7, 11) is -1.12. The number of fused-ring (bicyclic) bond motifs is 4. The van der Waals surface area contributed by atoms with Crippen molar-refractivity contribution in [1.29, 1.82) is 0 Å². The molecule has 4 aliphatic rings. The Morgan fingerprint density at radius 2 is 1.11 bits per heavy atom. The molecule has 3 fully saturated rings. The minimum absolute atomic E-state index is 0.0245. The van der Waals surface area contributed by atoms with Crippen LogP contribution in [-0.4, -0.2) is 206 Å². The number of ketones is 1. The van der Waals surface area contributed by atoms with E-state index in [4.69, 9.17) is 78.3 Å². The second kappa shape index (κ2) is 66.9. The number of nitrogens with two attached hydrogens (primary N) is 2. The van der Waals surface area contributed by atoms with Crippen LogP contribution in [0.15, 0.2) is 63.5 Å². The van der Waals surface area contributed by atoms with E-state index in [1.807, 2.05) is 118 Å². The van der Waals surface area contributed by atoms with Crippen LogP contribution in [0.25, 0.3) is 10.4 Å². The zero-order valence-electron chi connectivity index (χ0n) is 83.4. The molecule has 2 aliphatic carbocycles. The van der Waals surface area contributed by atoms with E-state index in [0.29, 0.717) is 75.1 Å². The highest BCUT2D eigenvalue weighted by molar-refractivity contribution is 7.86. The van der Waals surface area contributed by atoms with Gasteiger partial charge in [-0.3, -0.25) is 47.3 Å². The predicted molar refractivity (Wildman–Crippen MR) is 509 cm³/mol. The Morgan fingerprint density at radius 1 is 0.656 bits per heavy atom. The number of nitrogens with one attached hydrogen (secondary N) is 2. The summed E-state index contributed by atoms with van der Waals surface area (Å²) in [5, 5.41) is 37.9. The fourth-order valence-electron chi connectivity index (χ4n) is 12.4. The molecular weight excluding hydrogens is 1760 g/mol. The number of carbonyl (C=O) groups excluding carboxylic acids is 8. The van der Waals surface area contributed by atoms with Gasteiger partial charge in [0.05, 0.1) is 68.2 Å². The van der Waals surface area contributed by atoms with Gasteiger partial charge < -0.3 is 80.0 Å². The van der Waals surface area contributed by atoms with Gasteiger partial charge in [-0.05, 0) is 233 Å². The minimum Gasteiger partial charge on any atom is -0.503 e. The maximum Gasteiger partial charge on any atom is 0.310 e. The van der Waals surface area contributed by atoms with Crippen LogP contribution in [-0.2, 0) is 89.2 Å². The average Bonchev–Trinajstić information content (AvgIpc) is 1.72. The number of aromatic nitrogens is 1. The minimum atomic E-state index is -3.76. The molecule has 1 aromatic heterocycles. The van der Waals surface area contributed by atoms with E-state index in [-0.39, 0.29) is 162 Å². The number of nitrogens with zero attached hydrogens (tertiary/aromatic N) is 5.